The summed E-state index contributed by atoms with van der Waals surface area (Å²) in [5.74, 6) is 6.66. The molecule has 1 rings (SSSR count). The Morgan fingerprint density at radius 2 is 1.89 bits per heavy atom. The van der Waals surface area contributed by atoms with E-state index in [1.165, 1.54) is 11.1 Å². The van der Waals surface area contributed by atoms with Crippen LogP contribution in [0.3, 0.4) is 0 Å². The molecule has 1 unspecified atom stereocenters. The lowest BCUT2D eigenvalue weighted by molar-refractivity contribution is 0.550. The minimum Gasteiger partial charge on any atom is -0.329 e. The maximum atomic E-state index is 5.84. The predicted molar refractivity (Wildman–Crippen MR) is 82.8 cm³/mol. The van der Waals surface area contributed by atoms with Crippen LogP contribution in [0.5, 0.6) is 0 Å². The Balaban J connectivity index is 2.57. The van der Waals surface area contributed by atoms with Crippen molar-refractivity contribution < 1.29 is 0 Å². The molecule has 0 aromatic heterocycles. The van der Waals surface area contributed by atoms with Gasteiger partial charge >= 0.3 is 0 Å². The summed E-state index contributed by atoms with van der Waals surface area (Å²) < 4.78 is 0. The molecule has 1 atom stereocenters. The second kappa shape index (κ2) is 8.74. The zero-order chi connectivity index (χ0) is 14.1. The molecule has 0 aliphatic rings. The first-order valence-electron chi connectivity index (χ1n) is 7.09. The molecule has 0 radical (unpaired) electrons. The van der Waals surface area contributed by atoms with E-state index in [4.69, 9.17) is 5.73 Å². The van der Waals surface area contributed by atoms with Crippen molar-refractivity contribution in [2.45, 2.75) is 39.7 Å². The van der Waals surface area contributed by atoms with Crippen LogP contribution in [0.1, 0.15) is 44.4 Å². The average molecular weight is 258 g/mol. The van der Waals surface area contributed by atoms with Crippen molar-refractivity contribution in [3.8, 4) is 11.8 Å². The lowest BCUT2D eigenvalue weighted by Gasteiger charge is -2.17. The highest BCUT2D eigenvalue weighted by atomic mass is 14.9. The Labute approximate surface area is 117 Å². The summed E-state index contributed by atoms with van der Waals surface area (Å²) >= 11 is 0. The largest absolute Gasteiger partial charge is 0.329 e. The van der Waals surface area contributed by atoms with Crippen molar-refractivity contribution in [1.29, 1.82) is 0 Å². The van der Waals surface area contributed by atoms with Crippen LogP contribution in [-0.2, 0) is 6.42 Å². The Bertz CT molecular complexity index is 409. The molecule has 2 nitrogen and oxygen atoms in total. The van der Waals surface area contributed by atoms with Crippen molar-refractivity contribution in [2.24, 2.45) is 11.7 Å². The zero-order valence-electron chi connectivity index (χ0n) is 12.4. The van der Waals surface area contributed by atoms with Crippen molar-refractivity contribution in [3.05, 3.63) is 35.4 Å². The predicted octanol–water partition coefficient (Wildman–Crippen LogP) is 2.89. The summed E-state index contributed by atoms with van der Waals surface area (Å²) in [6.07, 6.45) is 2.01. The Morgan fingerprint density at radius 1 is 1.21 bits per heavy atom. The molecule has 0 amide bonds. The molecule has 19 heavy (non-hydrogen) atoms. The van der Waals surface area contributed by atoms with Gasteiger partial charge < -0.3 is 11.1 Å². The monoisotopic (exact) mass is 258 g/mol. The van der Waals surface area contributed by atoms with Gasteiger partial charge in [0.15, 0.2) is 0 Å². The van der Waals surface area contributed by atoms with E-state index < -0.39 is 0 Å². The fourth-order valence-electron chi connectivity index (χ4n) is 2.13. The fraction of sp³-hybridized carbons (Fsp3) is 0.529. The smallest absolute Gasteiger partial charge is 0.0444 e. The minimum atomic E-state index is 0.228. The zero-order valence-corrected chi connectivity index (χ0v) is 12.4. The maximum Gasteiger partial charge on any atom is 0.0444 e. The molecule has 1 aromatic rings. The van der Waals surface area contributed by atoms with E-state index in [0.717, 1.165) is 19.4 Å². The van der Waals surface area contributed by atoms with Crippen molar-refractivity contribution in [3.63, 3.8) is 0 Å². The minimum absolute atomic E-state index is 0.228. The molecule has 104 valence electrons. The van der Waals surface area contributed by atoms with Gasteiger partial charge in [0, 0.05) is 25.6 Å². The number of hydrogen-bond acceptors (Lipinski definition) is 2. The van der Waals surface area contributed by atoms with Crippen LogP contribution >= 0.6 is 0 Å². The van der Waals surface area contributed by atoms with Crippen molar-refractivity contribution in [2.75, 3.05) is 13.1 Å². The molecule has 0 bridgehead atoms. The Hall–Kier alpha value is -1.30. The van der Waals surface area contributed by atoms with Gasteiger partial charge in [0.1, 0.15) is 0 Å². The molecule has 3 N–H and O–H groups in total. The molecule has 0 aliphatic heterocycles. The Kier molecular flexibility index (Phi) is 7.25. The lowest BCUT2D eigenvalue weighted by Crippen LogP contribution is -2.28. The number of nitrogens with two attached hydrogens (primary N) is 1. The molecule has 0 saturated carbocycles. The third-order valence-corrected chi connectivity index (χ3v) is 3.08. The summed E-state index contributed by atoms with van der Waals surface area (Å²) in [6, 6.07) is 9.03. The van der Waals surface area contributed by atoms with E-state index in [1.807, 2.05) is 6.92 Å². The first kappa shape index (κ1) is 15.8. The number of rotatable bonds is 7. The number of nitrogens with one attached hydrogen (secondary N) is 1. The average Bonchev–Trinajstić information content (AvgIpc) is 2.40. The van der Waals surface area contributed by atoms with E-state index in [1.54, 1.807) is 0 Å². The second-order valence-corrected chi connectivity index (χ2v) is 5.26. The van der Waals surface area contributed by atoms with Gasteiger partial charge in [0.2, 0.25) is 0 Å². The summed E-state index contributed by atoms with van der Waals surface area (Å²) in [6.45, 7) is 7.85. The summed E-state index contributed by atoms with van der Waals surface area (Å²) in [5, 5.41) is 3.45. The van der Waals surface area contributed by atoms with E-state index in [9.17, 15) is 0 Å². The number of benzene rings is 1. The van der Waals surface area contributed by atoms with Crippen LogP contribution in [0.25, 0.3) is 0 Å². The van der Waals surface area contributed by atoms with Gasteiger partial charge in [-0.15, -0.1) is 11.8 Å². The van der Waals surface area contributed by atoms with Gasteiger partial charge in [-0.2, -0.15) is 0 Å². The highest BCUT2D eigenvalue weighted by Gasteiger charge is 2.08. The quantitative estimate of drug-likeness (QED) is 0.583. The first-order chi connectivity index (χ1) is 9.17. The van der Waals surface area contributed by atoms with Crippen LogP contribution in [0.15, 0.2) is 24.3 Å². The summed E-state index contributed by atoms with van der Waals surface area (Å²) in [4.78, 5) is 0. The SMILES string of the molecule is CC#CCCNC(CN)c1ccc(CC(C)C)cc1. The van der Waals surface area contributed by atoms with Gasteiger partial charge in [0.25, 0.3) is 0 Å². The van der Waals surface area contributed by atoms with Gasteiger partial charge in [-0.05, 0) is 30.4 Å². The van der Waals surface area contributed by atoms with Gasteiger partial charge in [-0.1, -0.05) is 38.1 Å². The van der Waals surface area contributed by atoms with E-state index in [-0.39, 0.29) is 6.04 Å². The molecule has 1 aromatic carbocycles. The van der Waals surface area contributed by atoms with Crippen LogP contribution < -0.4 is 11.1 Å². The van der Waals surface area contributed by atoms with E-state index in [2.05, 4.69) is 55.3 Å². The van der Waals surface area contributed by atoms with Crippen LogP contribution in [-0.4, -0.2) is 13.1 Å². The third-order valence-electron chi connectivity index (χ3n) is 3.08. The summed E-state index contributed by atoms with van der Waals surface area (Å²) in [7, 11) is 0. The first-order valence-corrected chi connectivity index (χ1v) is 7.09. The fourth-order valence-corrected chi connectivity index (χ4v) is 2.13. The molecular formula is C17H26N2. The van der Waals surface area contributed by atoms with Crippen molar-refractivity contribution in [1.82, 2.24) is 5.32 Å². The second-order valence-electron chi connectivity index (χ2n) is 5.26. The highest BCUT2D eigenvalue weighted by molar-refractivity contribution is 5.25. The standard InChI is InChI=1S/C17H26N2/c1-4-5-6-11-19-17(13-18)16-9-7-15(8-10-16)12-14(2)3/h7-10,14,17,19H,6,11-13,18H2,1-3H3. The number of hydrogen-bond donors (Lipinski definition) is 2. The molecular weight excluding hydrogens is 232 g/mol. The maximum absolute atomic E-state index is 5.84. The van der Waals surface area contributed by atoms with Crippen molar-refractivity contribution >= 4 is 0 Å². The molecule has 0 spiro atoms. The van der Waals surface area contributed by atoms with E-state index in [0.29, 0.717) is 12.5 Å². The molecule has 0 saturated heterocycles. The van der Waals surface area contributed by atoms with Gasteiger partial charge in [-0.3, -0.25) is 0 Å². The van der Waals surface area contributed by atoms with Gasteiger partial charge in [-0.25, -0.2) is 0 Å². The van der Waals surface area contributed by atoms with Crippen LogP contribution in [0, 0.1) is 17.8 Å². The topological polar surface area (TPSA) is 38.0 Å². The van der Waals surface area contributed by atoms with E-state index >= 15 is 0 Å². The summed E-state index contributed by atoms with van der Waals surface area (Å²) in [5.41, 5.74) is 8.50. The van der Waals surface area contributed by atoms with Gasteiger partial charge in [0.05, 0.1) is 0 Å². The highest BCUT2D eigenvalue weighted by Crippen LogP contribution is 2.15. The van der Waals surface area contributed by atoms with Crippen LogP contribution in [0.4, 0.5) is 0 Å². The van der Waals surface area contributed by atoms with Crippen LogP contribution in [0.2, 0.25) is 0 Å². The Morgan fingerprint density at radius 3 is 2.42 bits per heavy atom. The molecule has 0 fully saturated rings. The molecule has 0 aliphatic carbocycles. The molecule has 2 heteroatoms. The molecule has 0 heterocycles. The third kappa shape index (κ3) is 5.92. The normalized spacial score (nSPS) is 12.1. The lowest BCUT2D eigenvalue weighted by atomic mass is 9.99.